The number of carbonyl (C=O) groups excluding carboxylic acids is 1. The molecule has 2 unspecified atom stereocenters. The molecule has 2 fully saturated rings. The zero-order chi connectivity index (χ0) is 16.1. The quantitative estimate of drug-likeness (QED) is 0.867. The summed E-state index contributed by atoms with van der Waals surface area (Å²) in [5.41, 5.74) is 1.20. The van der Waals surface area contributed by atoms with Gasteiger partial charge in [-0.15, -0.1) is 0 Å². The lowest BCUT2D eigenvalue weighted by atomic mass is 9.98. The molecule has 0 aliphatic carbocycles. The number of methoxy groups -OCH3 is 1. The first-order valence-electron chi connectivity index (χ1n) is 8.63. The zero-order valence-electron chi connectivity index (χ0n) is 13.9. The van der Waals surface area contributed by atoms with Gasteiger partial charge in [0.1, 0.15) is 5.75 Å². The van der Waals surface area contributed by atoms with Gasteiger partial charge in [0, 0.05) is 37.9 Å². The molecule has 23 heavy (non-hydrogen) atoms. The molecule has 0 aromatic heterocycles. The van der Waals surface area contributed by atoms with Crippen LogP contribution in [-0.4, -0.2) is 45.7 Å². The molecular formula is C18H27N3O2. The van der Waals surface area contributed by atoms with Gasteiger partial charge in [0.15, 0.2) is 0 Å². The van der Waals surface area contributed by atoms with Crippen LogP contribution in [0.3, 0.4) is 0 Å². The number of nitrogens with zero attached hydrogens (tertiary/aromatic N) is 1. The molecule has 0 spiro atoms. The van der Waals surface area contributed by atoms with E-state index in [1.165, 1.54) is 5.69 Å². The van der Waals surface area contributed by atoms with Gasteiger partial charge in [-0.3, -0.25) is 4.79 Å². The number of hydrogen-bond acceptors (Lipinski definition) is 4. The van der Waals surface area contributed by atoms with Crippen LogP contribution in [0.25, 0.3) is 0 Å². The molecule has 2 atom stereocenters. The molecule has 5 heteroatoms. The SMILES string of the molecule is COc1cccc(N2CCC(CNC(=O)C3CCCNC3)C2)c1. The van der Waals surface area contributed by atoms with Crippen LogP contribution in [0.15, 0.2) is 24.3 Å². The lowest BCUT2D eigenvalue weighted by Crippen LogP contribution is -2.42. The minimum Gasteiger partial charge on any atom is -0.497 e. The number of hydrogen-bond donors (Lipinski definition) is 2. The molecule has 2 heterocycles. The minimum atomic E-state index is 0.152. The van der Waals surface area contributed by atoms with E-state index in [1.807, 2.05) is 12.1 Å². The smallest absolute Gasteiger partial charge is 0.224 e. The van der Waals surface area contributed by atoms with Crippen LogP contribution in [0.5, 0.6) is 5.75 Å². The second-order valence-corrected chi connectivity index (χ2v) is 6.59. The summed E-state index contributed by atoms with van der Waals surface area (Å²) in [6.45, 7) is 4.69. The van der Waals surface area contributed by atoms with Crippen molar-refractivity contribution in [2.75, 3.05) is 44.7 Å². The summed E-state index contributed by atoms with van der Waals surface area (Å²) >= 11 is 0. The molecule has 2 saturated heterocycles. The first-order chi connectivity index (χ1) is 11.3. The van der Waals surface area contributed by atoms with E-state index in [0.29, 0.717) is 5.92 Å². The average Bonchev–Trinajstić information content (AvgIpc) is 3.09. The number of benzene rings is 1. The third-order valence-electron chi connectivity index (χ3n) is 4.94. The molecule has 2 aliphatic rings. The van der Waals surface area contributed by atoms with Gasteiger partial charge in [-0.2, -0.15) is 0 Å². The van der Waals surface area contributed by atoms with Crippen molar-refractivity contribution < 1.29 is 9.53 Å². The van der Waals surface area contributed by atoms with Crippen molar-refractivity contribution in [1.82, 2.24) is 10.6 Å². The van der Waals surface area contributed by atoms with Gasteiger partial charge in [0.25, 0.3) is 0 Å². The summed E-state index contributed by atoms with van der Waals surface area (Å²) < 4.78 is 5.30. The molecule has 1 aromatic rings. The highest BCUT2D eigenvalue weighted by atomic mass is 16.5. The summed E-state index contributed by atoms with van der Waals surface area (Å²) in [6, 6.07) is 8.20. The predicted octanol–water partition coefficient (Wildman–Crippen LogP) is 1.64. The Morgan fingerprint density at radius 3 is 3.13 bits per heavy atom. The monoisotopic (exact) mass is 317 g/mol. The highest BCUT2D eigenvalue weighted by molar-refractivity contribution is 5.79. The fourth-order valence-corrected chi connectivity index (χ4v) is 3.51. The number of piperidine rings is 1. The molecular weight excluding hydrogens is 290 g/mol. The Balaban J connectivity index is 1.46. The zero-order valence-corrected chi connectivity index (χ0v) is 13.9. The van der Waals surface area contributed by atoms with E-state index >= 15 is 0 Å². The Labute approximate surface area is 138 Å². The van der Waals surface area contributed by atoms with Crippen molar-refractivity contribution in [1.29, 1.82) is 0 Å². The molecule has 0 saturated carbocycles. The van der Waals surface area contributed by atoms with E-state index < -0.39 is 0 Å². The van der Waals surface area contributed by atoms with E-state index in [0.717, 1.165) is 57.7 Å². The standard InChI is InChI=1S/C18H27N3O2/c1-23-17-6-2-5-16(10-17)21-9-7-14(13-21)11-20-18(22)15-4-3-8-19-12-15/h2,5-6,10,14-15,19H,3-4,7-9,11-13H2,1H3,(H,20,22). The van der Waals surface area contributed by atoms with E-state index in [9.17, 15) is 4.79 Å². The van der Waals surface area contributed by atoms with Crippen molar-refractivity contribution in [3.63, 3.8) is 0 Å². The van der Waals surface area contributed by atoms with Crippen molar-refractivity contribution in [3.05, 3.63) is 24.3 Å². The molecule has 3 rings (SSSR count). The van der Waals surface area contributed by atoms with Crippen LogP contribution in [0.2, 0.25) is 0 Å². The maximum Gasteiger partial charge on any atom is 0.224 e. The summed E-state index contributed by atoms with van der Waals surface area (Å²) in [4.78, 5) is 14.6. The van der Waals surface area contributed by atoms with Gasteiger partial charge in [-0.25, -0.2) is 0 Å². The summed E-state index contributed by atoms with van der Waals surface area (Å²) in [6.07, 6.45) is 3.24. The van der Waals surface area contributed by atoms with E-state index in [-0.39, 0.29) is 11.8 Å². The number of amides is 1. The van der Waals surface area contributed by atoms with Crippen molar-refractivity contribution in [2.24, 2.45) is 11.8 Å². The van der Waals surface area contributed by atoms with Gasteiger partial charge in [0.2, 0.25) is 5.91 Å². The molecule has 1 amide bonds. The Morgan fingerprint density at radius 1 is 1.43 bits per heavy atom. The van der Waals surface area contributed by atoms with Crippen molar-refractivity contribution in [2.45, 2.75) is 19.3 Å². The fraction of sp³-hybridized carbons (Fsp3) is 0.611. The molecule has 0 radical (unpaired) electrons. The Morgan fingerprint density at radius 2 is 2.35 bits per heavy atom. The first kappa shape index (κ1) is 16.1. The van der Waals surface area contributed by atoms with Crippen LogP contribution < -0.4 is 20.3 Å². The summed E-state index contributed by atoms with van der Waals surface area (Å²) in [5.74, 6) is 1.79. The van der Waals surface area contributed by atoms with E-state index in [1.54, 1.807) is 7.11 Å². The van der Waals surface area contributed by atoms with Crippen molar-refractivity contribution >= 4 is 11.6 Å². The lowest BCUT2D eigenvalue weighted by molar-refractivity contribution is -0.125. The second-order valence-electron chi connectivity index (χ2n) is 6.59. The molecule has 0 bridgehead atoms. The molecule has 2 aliphatic heterocycles. The van der Waals surface area contributed by atoms with Crippen molar-refractivity contribution in [3.8, 4) is 5.75 Å². The normalized spacial score (nSPS) is 24.5. The summed E-state index contributed by atoms with van der Waals surface area (Å²) in [5, 5.41) is 6.46. The van der Waals surface area contributed by atoms with Crippen LogP contribution in [0.1, 0.15) is 19.3 Å². The molecule has 5 nitrogen and oxygen atoms in total. The van der Waals surface area contributed by atoms with Gasteiger partial charge < -0.3 is 20.3 Å². The van der Waals surface area contributed by atoms with Gasteiger partial charge >= 0.3 is 0 Å². The Bertz CT molecular complexity index is 529. The van der Waals surface area contributed by atoms with Crippen LogP contribution in [0, 0.1) is 11.8 Å². The van der Waals surface area contributed by atoms with E-state index in [2.05, 4.69) is 27.7 Å². The molecule has 1 aromatic carbocycles. The average molecular weight is 317 g/mol. The molecule has 2 N–H and O–H groups in total. The predicted molar refractivity (Wildman–Crippen MR) is 91.9 cm³/mol. The van der Waals surface area contributed by atoms with Gasteiger partial charge in [-0.1, -0.05) is 6.07 Å². The maximum atomic E-state index is 12.2. The lowest BCUT2D eigenvalue weighted by Gasteiger charge is -2.23. The highest BCUT2D eigenvalue weighted by Gasteiger charge is 2.25. The minimum absolute atomic E-state index is 0.152. The van der Waals surface area contributed by atoms with Crippen LogP contribution >= 0.6 is 0 Å². The number of ether oxygens (including phenoxy) is 1. The van der Waals surface area contributed by atoms with Crippen LogP contribution in [-0.2, 0) is 4.79 Å². The van der Waals surface area contributed by atoms with Gasteiger partial charge in [-0.05, 0) is 43.9 Å². The summed E-state index contributed by atoms with van der Waals surface area (Å²) in [7, 11) is 1.70. The third kappa shape index (κ3) is 4.16. The fourth-order valence-electron chi connectivity index (χ4n) is 3.51. The highest BCUT2D eigenvalue weighted by Crippen LogP contribution is 2.26. The number of rotatable bonds is 5. The number of carbonyl (C=O) groups is 1. The van der Waals surface area contributed by atoms with E-state index in [4.69, 9.17) is 4.74 Å². The maximum absolute atomic E-state index is 12.2. The second kappa shape index (κ2) is 7.68. The Hall–Kier alpha value is -1.75. The third-order valence-corrected chi connectivity index (χ3v) is 4.94. The largest absolute Gasteiger partial charge is 0.497 e. The first-order valence-corrected chi connectivity index (χ1v) is 8.63. The topological polar surface area (TPSA) is 53.6 Å². The van der Waals surface area contributed by atoms with Gasteiger partial charge in [0.05, 0.1) is 13.0 Å². The molecule has 126 valence electrons. The number of anilines is 1. The Kier molecular flexibility index (Phi) is 5.39. The van der Waals surface area contributed by atoms with Crippen LogP contribution in [0.4, 0.5) is 5.69 Å². The number of nitrogens with one attached hydrogen (secondary N) is 2.